The number of ether oxygens (including phenoxy) is 3. The van der Waals surface area contributed by atoms with Gasteiger partial charge in [0.25, 0.3) is 5.91 Å². The Hall–Kier alpha value is -3.34. The zero-order chi connectivity index (χ0) is 27.2. The smallest absolute Gasteiger partial charge is 0.258 e. The Labute approximate surface area is 218 Å². The van der Waals surface area contributed by atoms with E-state index in [-0.39, 0.29) is 37.4 Å². The van der Waals surface area contributed by atoms with Crippen LogP contribution in [0.3, 0.4) is 0 Å². The summed E-state index contributed by atoms with van der Waals surface area (Å²) in [6, 6.07) is 4.59. The van der Waals surface area contributed by atoms with Crippen LogP contribution in [0.2, 0.25) is 0 Å². The van der Waals surface area contributed by atoms with Crippen LogP contribution < -0.4 is 20.1 Å². The summed E-state index contributed by atoms with van der Waals surface area (Å²) in [4.78, 5) is 53.2. The predicted molar refractivity (Wildman–Crippen MR) is 137 cm³/mol. The van der Waals surface area contributed by atoms with Gasteiger partial charge in [0.1, 0.15) is 12.6 Å². The number of methoxy groups -OCH3 is 2. The third kappa shape index (κ3) is 10.3. The molecule has 1 aromatic carbocycles. The maximum absolute atomic E-state index is 12.7. The summed E-state index contributed by atoms with van der Waals surface area (Å²) in [6.07, 6.45) is 2.78. The lowest BCUT2D eigenvalue weighted by molar-refractivity contribution is -0.136. The lowest BCUT2D eigenvalue weighted by atomic mass is 10.1. The molecule has 1 aromatic rings. The Morgan fingerprint density at radius 3 is 2.51 bits per heavy atom. The van der Waals surface area contributed by atoms with E-state index in [0.29, 0.717) is 63.4 Å². The number of hydrogen-bond acceptors (Lipinski definition) is 7. The van der Waals surface area contributed by atoms with Gasteiger partial charge in [0.15, 0.2) is 18.1 Å². The van der Waals surface area contributed by atoms with Crippen LogP contribution in [0.15, 0.2) is 18.2 Å². The van der Waals surface area contributed by atoms with Gasteiger partial charge in [0.05, 0.1) is 7.11 Å². The number of aryl methyl sites for hydroxylation is 1. The van der Waals surface area contributed by atoms with Crippen LogP contribution in [-0.4, -0.2) is 100 Å². The number of hydrogen-bond donors (Lipinski definition) is 2. The van der Waals surface area contributed by atoms with Crippen molar-refractivity contribution in [3.8, 4) is 11.5 Å². The summed E-state index contributed by atoms with van der Waals surface area (Å²) < 4.78 is 16.0. The van der Waals surface area contributed by atoms with Gasteiger partial charge in [-0.25, -0.2) is 0 Å². The van der Waals surface area contributed by atoms with Crippen molar-refractivity contribution < 1.29 is 33.4 Å². The second-order valence-electron chi connectivity index (χ2n) is 9.05. The molecule has 206 valence electrons. The zero-order valence-corrected chi connectivity index (χ0v) is 22.3. The van der Waals surface area contributed by atoms with Gasteiger partial charge in [0, 0.05) is 46.8 Å². The van der Waals surface area contributed by atoms with Crippen LogP contribution in [-0.2, 0) is 30.3 Å². The lowest BCUT2D eigenvalue weighted by Gasteiger charge is -2.25. The first-order chi connectivity index (χ1) is 17.7. The number of fused-ring (bicyclic) bond motifs is 2. The van der Waals surface area contributed by atoms with Gasteiger partial charge in [-0.05, 0) is 50.3 Å². The minimum atomic E-state index is -0.717. The van der Waals surface area contributed by atoms with Crippen molar-refractivity contribution in [2.75, 3.05) is 60.7 Å². The molecule has 0 fully saturated rings. The zero-order valence-electron chi connectivity index (χ0n) is 22.3. The van der Waals surface area contributed by atoms with Gasteiger partial charge < -0.3 is 34.6 Å². The fourth-order valence-corrected chi connectivity index (χ4v) is 3.99. The minimum Gasteiger partial charge on any atom is -0.493 e. The maximum Gasteiger partial charge on any atom is 0.258 e. The van der Waals surface area contributed by atoms with Gasteiger partial charge in [-0.3, -0.25) is 19.2 Å². The van der Waals surface area contributed by atoms with Gasteiger partial charge in [-0.1, -0.05) is 6.07 Å². The van der Waals surface area contributed by atoms with Crippen molar-refractivity contribution in [1.82, 2.24) is 20.4 Å². The van der Waals surface area contributed by atoms with Crippen molar-refractivity contribution in [3.63, 3.8) is 0 Å². The molecule has 0 saturated carbocycles. The highest BCUT2D eigenvalue weighted by Crippen LogP contribution is 2.28. The summed E-state index contributed by atoms with van der Waals surface area (Å²) in [6.45, 7) is 3.31. The van der Waals surface area contributed by atoms with E-state index < -0.39 is 11.9 Å². The number of rotatable bonds is 3. The molecular formula is C26H40N4O7. The Bertz CT molecular complexity index is 924. The quantitative estimate of drug-likeness (QED) is 0.602. The fourth-order valence-electron chi connectivity index (χ4n) is 3.99. The number of likely N-dealkylation sites (N-methyl/N-ethyl adjacent to an activating group) is 1. The standard InChI is InChI=1S/C26H40N4O7/c1-19-26(34)29(2)13-5-6-14-30(25(33)18-35-3)15-7-12-27-23(31)11-9-20-8-10-21(36-4)22(16-20)37-17-24(32)28-19/h8,10,16,19H,5-7,9,11-15,17-18H2,1-4H3,(H,27,31)(H,28,32)/t19-/m0/s1. The van der Waals surface area contributed by atoms with E-state index in [4.69, 9.17) is 14.2 Å². The first-order valence-corrected chi connectivity index (χ1v) is 12.6. The normalized spacial score (nSPS) is 19.6. The van der Waals surface area contributed by atoms with Crippen LogP contribution in [0.4, 0.5) is 0 Å². The van der Waals surface area contributed by atoms with Crippen LogP contribution in [0.5, 0.6) is 11.5 Å². The number of nitrogens with one attached hydrogen (secondary N) is 2. The molecule has 0 spiro atoms. The summed E-state index contributed by atoms with van der Waals surface area (Å²) >= 11 is 0. The fraction of sp³-hybridized carbons (Fsp3) is 0.615. The molecule has 37 heavy (non-hydrogen) atoms. The molecule has 2 bridgehead atoms. The highest BCUT2D eigenvalue weighted by molar-refractivity contribution is 5.87. The molecule has 0 aromatic heterocycles. The molecule has 1 heterocycles. The molecule has 2 rings (SSSR count). The number of amides is 4. The van der Waals surface area contributed by atoms with E-state index in [1.807, 2.05) is 6.07 Å². The first kappa shape index (κ1) is 29.9. The SMILES string of the molecule is COCC(=O)N1CCCCN(C)C(=O)[C@H](C)NC(=O)COc2cc(ccc2OC)CCC(=O)NCCC1. The summed E-state index contributed by atoms with van der Waals surface area (Å²) in [5.74, 6) is 0.00741. The predicted octanol–water partition coefficient (Wildman–Crippen LogP) is 0.745. The van der Waals surface area contributed by atoms with Crippen LogP contribution >= 0.6 is 0 Å². The van der Waals surface area contributed by atoms with Crippen molar-refractivity contribution in [2.24, 2.45) is 0 Å². The molecule has 2 N–H and O–H groups in total. The second kappa shape index (κ2) is 15.7. The number of benzene rings is 1. The monoisotopic (exact) mass is 520 g/mol. The molecule has 0 unspecified atom stereocenters. The van der Waals surface area contributed by atoms with E-state index >= 15 is 0 Å². The van der Waals surface area contributed by atoms with E-state index in [1.54, 1.807) is 35.9 Å². The first-order valence-electron chi connectivity index (χ1n) is 12.6. The Morgan fingerprint density at radius 2 is 1.78 bits per heavy atom. The Morgan fingerprint density at radius 1 is 1.05 bits per heavy atom. The number of carbonyl (C=O) groups is 4. The van der Waals surface area contributed by atoms with Crippen molar-refractivity contribution >= 4 is 23.6 Å². The molecule has 1 aliphatic rings. The van der Waals surface area contributed by atoms with Gasteiger partial charge in [-0.15, -0.1) is 0 Å². The Kier molecular flexibility index (Phi) is 12.7. The summed E-state index contributed by atoms with van der Waals surface area (Å²) in [5.41, 5.74) is 0.856. The van der Waals surface area contributed by atoms with Gasteiger partial charge in [-0.2, -0.15) is 0 Å². The second-order valence-corrected chi connectivity index (χ2v) is 9.05. The molecule has 1 atom stereocenters. The topological polar surface area (TPSA) is 127 Å². The minimum absolute atomic E-state index is 0.00444. The summed E-state index contributed by atoms with van der Waals surface area (Å²) in [5, 5.41) is 5.57. The van der Waals surface area contributed by atoms with Crippen molar-refractivity contribution in [2.45, 2.75) is 45.1 Å². The number of nitrogens with zero attached hydrogens (tertiary/aromatic N) is 2. The highest BCUT2D eigenvalue weighted by Gasteiger charge is 2.20. The third-order valence-electron chi connectivity index (χ3n) is 6.07. The number of carbonyl (C=O) groups excluding carboxylic acids is 4. The Balaban J connectivity index is 2.12. The van der Waals surface area contributed by atoms with Gasteiger partial charge >= 0.3 is 0 Å². The van der Waals surface area contributed by atoms with E-state index in [1.165, 1.54) is 14.2 Å². The van der Waals surface area contributed by atoms with Crippen LogP contribution in [0.1, 0.15) is 38.2 Å². The molecule has 4 amide bonds. The van der Waals surface area contributed by atoms with Crippen molar-refractivity contribution in [3.05, 3.63) is 23.8 Å². The lowest BCUT2D eigenvalue weighted by Crippen LogP contribution is -2.47. The van der Waals surface area contributed by atoms with E-state index in [2.05, 4.69) is 10.6 Å². The van der Waals surface area contributed by atoms with Gasteiger partial charge in [0.2, 0.25) is 17.7 Å². The maximum atomic E-state index is 12.7. The van der Waals surface area contributed by atoms with Crippen LogP contribution in [0, 0.1) is 0 Å². The molecule has 1 aliphatic heterocycles. The van der Waals surface area contributed by atoms with E-state index in [0.717, 1.165) is 5.56 Å². The average Bonchev–Trinajstić information content (AvgIpc) is 2.88. The molecule has 0 saturated heterocycles. The van der Waals surface area contributed by atoms with Crippen LogP contribution in [0.25, 0.3) is 0 Å². The van der Waals surface area contributed by atoms with E-state index in [9.17, 15) is 19.2 Å². The molecule has 0 aliphatic carbocycles. The third-order valence-corrected chi connectivity index (χ3v) is 6.07. The molecule has 11 heteroatoms. The molecule has 11 nitrogen and oxygen atoms in total. The average molecular weight is 521 g/mol. The summed E-state index contributed by atoms with van der Waals surface area (Å²) in [7, 11) is 4.67. The van der Waals surface area contributed by atoms with Crippen molar-refractivity contribution in [1.29, 1.82) is 0 Å². The highest BCUT2D eigenvalue weighted by atomic mass is 16.5. The molecular weight excluding hydrogens is 480 g/mol. The largest absolute Gasteiger partial charge is 0.493 e. The molecule has 0 radical (unpaired) electrons.